The minimum absolute atomic E-state index is 0.241. The number of hydrogen-bond acceptors (Lipinski definition) is 6. The van der Waals surface area contributed by atoms with E-state index in [9.17, 15) is 5.11 Å². The molecule has 0 bridgehead atoms. The van der Waals surface area contributed by atoms with Gasteiger partial charge in [0.25, 0.3) is 0 Å². The third-order valence-corrected chi connectivity index (χ3v) is 4.37. The molecule has 2 aliphatic rings. The number of nitriles is 1. The molecule has 0 saturated carbocycles. The van der Waals surface area contributed by atoms with E-state index in [1.165, 1.54) is 0 Å². The molecule has 1 N–H and O–H groups in total. The van der Waals surface area contributed by atoms with Gasteiger partial charge in [0.1, 0.15) is 6.07 Å². The fraction of sp³-hybridized carbons (Fsp3) is 0.643. The summed E-state index contributed by atoms with van der Waals surface area (Å²) in [5.41, 5.74) is 0.399. The van der Waals surface area contributed by atoms with E-state index in [1.807, 2.05) is 0 Å². The lowest BCUT2D eigenvalue weighted by Gasteiger charge is -2.48. The van der Waals surface area contributed by atoms with Crippen LogP contribution in [-0.4, -0.2) is 58.3 Å². The average Bonchev–Trinajstić information content (AvgIpc) is 2.53. The largest absolute Gasteiger partial charge is 0.395 e. The van der Waals surface area contributed by atoms with Crippen molar-refractivity contribution in [3.05, 3.63) is 18.1 Å². The summed E-state index contributed by atoms with van der Waals surface area (Å²) in [7, 11) is 0. The molecule has 3 heterocycles. The van der Waals surface area contributed by atoms with Crippen molar-refractivity contribution >= 4 is 5.82 Å². The Bertz CT molecular complexity index is 515. The van der Waals surface area contributed by atoms with E-state index in [4.69, 9.17) is 5.26 Å². The number of rotatable bonds is 2. The quantitative estimate of drug-likeness (QED) is 0.839. The molecule has 0 spiro atoms. The second-order valence-electron chi connectivity index (χ2n) is 5.45. The van der Waals surface area contributed by atoms with E-state index in [0.717, 1.165) is 38.9 Å². The minimum atomic E-state index is 0.241. The molecule has 0 aliphatic carbocycles. The van der Waals surface area contributed by atoms with Crippen LogP contribution >= 0.6 is 0 Å². The van der Waals surface area contributed by atoms with E-state index in [2.05, 4.69) is 25.8 Å². The minimum Gasteiger partial charge on any atom is -0.395 e. The lowest BCUT2D eigenvalue weighted by molar-refractivity contribution is 0.0369. The molecular formula is C14H19N5O. The number of hydrogen-bond donors (Lipinski definition) is 1. The van der Waals surface area contributed by atoms with Crippen molar-refractivity contribution in [3.8, 4) is 6.07 Å². The zero-order chi connectivity index (χ0) is 13.9. The lowest BCUT2D eigenvalue weighted by atomic mass is 9.93. The Morgan fingerprint density at radius 3 is 2.95 bits per heavy atom. The highest BCUT2D eigenvalue weighted by Crippen LogP contribution is 2.28. The number of anilines is 1. The molecule has 0 aromatic carbocycles. The van der Waals surface area contributed by atoms with Gasteiger partial charge in [-0.15, -0.1) is 0 Å². The zero-order valence-electron chi connectivity index (χ0n) is 11.4. The predicted octanol–water partition coefficient (Wildman–Crippen LogP) is 0.384. The predicted molar refractivity (Wildman–Crippen MR) is 74.2 cm³/mol. The molecule has 2 fully saturated rings. The van der Waals surface area contributed by atoms with Gasteiger partial charge in [-0.2, -0.15) is 5.26 Å². The summed E-state index contributed by atoms with van der Waals surface area (Å²) < 4.78 is 0. The van der Waals surface area contributed by atoms with Crippen LogP contribution in [0.25, 0.3) is 0 Å². The molecule has 2 unspecified atom stereocenters. The number of aromatic nitrogens is 2. The first-order valence-electron chi connectivity index (χ1n) is 7.16. The summed E-state index contributed by atoms with van der Waals surface area (Å²) in [6.45, 7) is 2.85. The molecule has 0 radical (unpaired) electrons. The fourth-order valence-corrected chi connectivity index (χ4v) is 3.39. The lowest BCUT2D eigenvalue weighted by Crippen LogP contribution is -2.59. The average molecular weight is 273 g/mol. The van der Waals surface area contributed by atoms with Gasteiger partial charge < -0.3 is 10.0 Å². The van der Waals surface area contributed by atoms with Crippen molar-refractivity contribution < 1.29 is 5.11 Å². The topological polar surface area (TPSA) is 76.3 Å². The smallest absolute Gasteiger partial charge is 0.183 e. The zero-order valence-corrected chi connectivity index (χ0v) is 11.4. The molecule has 0 amide bonds. The van der Waals surface area contributed by atoms with Gasteiger partial charge in [-0.05, 0) is 12.8 Å². The number of piperidine rings is 1. The van der Waals surface area contributed by atoms with Gasteiger partial charge in [0.15, 0.2) is 11.5 Å². The van der Waals surface area contributed by atoms with Crippen molar-refractivity contribution in [1.29, 1.82) is 5.26 Å². The Balaban J connectivity index is 1.78. The summed E-state index contributed by atoms with van der Waals surface area (Å²) in [5.74, 6) is 0.695. The van der Waals surface area contributed by atoms with Crippen LogP contribution < -0.4 is 4.90 Å². The highest BCUT2D eigenvalue weighted by Gasteiger charge is 2.35. The molecule has 1 aromatic heterocycles. The van der Waals surface area contributed by atoms with Crippen molar-refractivity contribution in [2.75, 3.05) is 31.1 Å². The Kier molecular flexibility index (Phi) is 3.81. The first-order valence-corrected chi connectivity index (χ1v) is 7.16. The van der Waals surface area contributed by atoms with Crippen molar-refractivity contribution in [2.24, 2.45) is 0 Å². The first kappa shape index (κ1) is 13.3. The molecule has 106 valence electrons. The number of piperazine rings is 1. The Morgan fingerprint density at radius 1 is 1.30 bits per heavy atom. The summed E-state index contributed by atoms with van der Waals surface area (Å²) in [6.07, 6.45) is 6.59. The van der Waals surface area contributed by atoms with Crippen molar-refractivity contribution in [3.63, 3.8) is 0 Å². The molecule has 1 aromatic rings. The van der Waals surface area contributed by atoms with Crippen molar-refractivity contribution in [2.45, 2.75) is 31.3 Å². The standard InChI is InChI=1S/C14H19N5O/c15-8-13-14(17-5-4-16-13)18-6-7-19-11(9-18)2-1-3-12(19)10-20/h4-5,11-12,20H,1-3,6-7,9-10H2. The number of fused-ring (bicyclic) bond motifs is 1. The van der Waals surface area contributed by atoms with Gasteiger partial charge in [0.2, 0.25) is 0 Å². The first-order chi connectivity index (χ1) is 9.83. The third-order valence-electron chi connectivity index (χ3n) is 4.37. The Morgan fingerprint density at radius 2 is 2.15 bits per heavy atom. The molecular weight excluding hydrogens is 254 g/mol. The van der Waals surface area contributed by atoms with Gasteiger partial charge in [0, 0.05) is 44.1 Å². The SMILES string of the molecule is N#Cc1nccnc1N1CCN2C(CO)CCCC2C1. The van der Waals surface area contributed by atoms with Gasteiger partial charge in [-0.25, -0.2) is 9.97 Å². The van der Waals surface area contributed by atoms with Gasteiger partial charge in [-0.1, -0.05) is 6.42 Å². The van der Waals surface area contributed by atoms with Crippen LogP contribution in [0, 0.1) is 11.3 Å². The molecule has 6 nitrogen and oxygen atoms in total. The van der Waals surface area contributed by atoms with Crippen LogP contribution in [0.15, 0.2) is 12.4 Å². The van der Waals surface area contributed by atoms with Crippen LogP contribution in [-0.2, 0) is 0 Å². The highest BCUT2D eigenvalue weighted by molar-refractivity contribution is 5.50. The second kappa shape index (κ2) is 5.73. The second-order valence-corrected chi connectivity index (χ2v) is 5.45. The Labute approximate surface area is 118 Å². The van der Waals surface area contributed by atoms with E-state index in [0.29, 0.717) is 23.6 Å². The van der Waals surface area contributed by atoms with E-state index in [-0.39, 0.29) is 6.61 Å². The maximum absolute atomic E-state index is 9.47. The molecule has 6 heteroatoms. The van der Waals surface area contributed by atoms with Crippen LogP contribution in [0.4, 0.5) is 5.82 Å². The molecule has 2 atom stereocenters. The van der Waals surface area contributed by atoms with E-state index in [1.54, 1.807) is 12.4 Å². The van der Waals surface area contributed by atoms with Gasteiger partial charge in [-0.3, -0.25) is 4.90 Å². The van der Waals surface area contributed by atoms with Crippen LogP contribution in [0.1, 0.15) is 25.0 Å². The monoisotopic (exact) mass is 273 g/mol. The molecule has 2 aliphatic heterocycles. The van der Waals surface area contributed by atoms with Crippen LogP contribution in [0.3, 0.4) is 0 Å². The highest BCUT2D eigenvalue weighted by atomic mass is 16.3. The van der Waals surface area contributed by atoms with E-state index >= 15 is 0 Å². The van der Waals surface area contributed by atoms with Gasteiger partial charge in [0.05, 0.1) is 6.61 Å². The summed E-state index contributed by atoms with van der Waals surface area (Å²) in [5, 5.41) is 18.6. The van der Waals surface area contributed by atoms with E-state index < -0.39 is 0 Å². The maximum atomic E-state index is 9.47. The summed E-state index contributed by atoms with van der Waals surface area (Å²) >= 11 is 0. The summed E-state index contributed by atoms with van der Waals surface area (Å²) in [6, 6.07) is 2.86. The normalized spacial score (nSPS) is 26.9. The number of nitrogens with zero attached hydrogens (tertiary/aromatic N) is 5. The third kappa shape index (κ3) is 2.35. The van der Waals surface area contributed by atoms with Crippen molar-refractivity contribution in [1.82, 2.24) is 14.9 Å². The Hall–Kier alpha value is -1.71. The number of aliphatic hydroxyl groups is 1. The number of aliphatic hydroxyl groups excluding tert-OH is 1. The van der Waals surface area contributed by atoms with Crippen LogP contribution in [0.2, 0.25) is 0 Å². The van der Waals surface area contributed by atoms with Gasteiger partial charge >= 0.3 is 0 Å². The van der Waals surface area contributed by atoms with Crippen LogP contribution in [0.5, 0.6) is 0 Å². The molecule has 2 saturated heterocycles. The molecule has 3 rings (SSSR count). The summed E-state index contributed by atoms with van der Waals surface area (Å²) in [4.78, 5) is 13.0. The fourth-order valence-electron chi connectivity index (χ4n) is 3.39. The molecule has 20 heavy (non-hydrogen) atoms. The maximum Gasteiger partial charge on any atom is 0.183 e.